The zero-order valence-electron chi connectivity index (χ0n) is 18.4. The van der Waals surface area contributed by atoms with Crippen LogP contribution in [0.5, 0.6) is 0 Å². The Morgan fingerprint density at radius 3 is 1.62 bits per heavy atom. The number of ether oxygens (including phenoxy) is 2. The quantitative estimate of drug-likeness (QED) is 0.170. The van der Waals surface area contributed by atoms with Crippen LogP contribution < -0.4 is 0 Å². The molecular weight excluding hydrogens is 405 g/mol. The maximum absolute atomic E-state index is 12.9. The van der Waals surface area contributed by atoms with Gasteiger partial charge >= 0.3 is 19.5 Å². The topological polar surface area (TPSA) is 129 Å². The molecule has 0 aliphatic heterocycles. The Morgan fingerprint density at radius 1 is 0.862 bits per heavy atom. The van der Waals surface area contributed by atoms with Gasteiger partial charge in [-0.1, -0.05) is 0 Å². The van der Waals surface area contributed by atoms with Crippen LogP contribution in [0.1, 0.15) is 61.3 Å². The van der Waals surface area contributed by atoms with E-state index in [2.05, 4.69) is 0 Å². The lowest BCUT2D eigenvalue weighted by molar-refractivity contribution is -0.163. The van der Waals surface area contributed by atoms with Crippen LogP contribution in [-0.4, -0.2) is 65.2 Å². The lowest BCUT2D eigenvalue weighted by Crippen LogP contribution is -2.28. The fourth-order valence-corrected chi connectivity index (χ4v) is 3.48. The van der Waals surface area contributed by atoms with E-state index in [4.69, 9.17) is 18.5 Å². The van der Waals surface area contributed by atoms with Gasteiger partial charge in [0.05, 0.1) is 6.16 Å². The molecule has 1 amide bonds. The third kappa shape index (κ3) is 15.1. The first-order valence-electron chi connectivity index (χ1n) is 9.32. The Balaban J connectivity index is 4.83. The zero-order chi connectivity index (χ0) is 22.9. The number of carbonyl (C=O) groups is 3. The molecule has 11 heteroatoms. The highest BCUT2D eigenvalue weighted by molar-refractivity contribution is 7.53. The molecule has 0 saturated heterocycles. The molecule has 1 N–H and O–H groups in total. The van der Waals surface area contributed by atoms with E-state index in [9.17, 15) is 24.2 Å². The first-order chi connectivity index (χ1) is 13.0. The Kier molecular flexibility index (Phi) is 11.0. The molecule has 0 spiro atoms. The Labute approximate surface area is 172 Å². The van der Waals surface area contributed by atoms with E-state index < -0.39 is 49.9 Å². The number of hydroxylamine groups is 2. The van der Waals surface area contributed by atoms with E-state index in [1.165, 1.54) is 6.92 Å². The molecule has 0 heterocycles. The van der Waals surface area contributed by atoms with Crippen LogP contribution in [0.2, 0.25) is 0 Å². The van der Waals surface area contributed by atoms with E-state index in [0.29, 0.717) is 11.5 Å². The van der Waals surface area contributed by atoms with Crippen LogP contribution in [0.3, 0.4) is 0 Å². The number of rotatable bonds is 11. The van der Waals surface area contributed by atoms with Crippen LogP contribution in [0.25, 0.3) is 0 Å². The van der Waals surface area contributed by atoms with E-state index in [1.807, 2.05) is 0 Å². The molecule has 0 saturated carbocycles. The van der Waals surface area contributed by atoms with Gasteiger partial charge in [0.15, 0.2) is 13.2 Å². The Morgan fingerprint density at radius 2 is 1.28 bits per heavy atom. The van der Waals surface area contributed by atoms with E-state index in [-0.39, 0.29) is 19.1 Å². The van der Waals surface area contributed by atoms with Gasteiger partial charge < -0.3 is 9.47 Å². The van der Waals surface area contributed by atoms with Crippen LogP contribution >= 0.6 is 7.60 Å². The molecule has 10 nitrogen and oxygen atoms in total. The minimum Gasteiger partial charge on any atom is -0.458 e. The van der Waals surface area contributed by atoms with Crippen molar-refractivity contribution in [3.8, 4) is 0 Å². The van der Waals surface area contributed by atoms with Crippen molar-refractivity contribution >= 4 is 25.4 Å². The fraction of sp³-hybridized carbons (Fsp3) is 0.833. The second-order valence-electron chi connectivity index (χ2n) is 8.40. The van der Waals surface area contributed by atoms with Crippen molar-refractivity contribution < 1.29 is 42.7 Å². The van der Waals surface area contributed by atoms with Crippen LogP contribution in [-0.2, 0) is 37.5 Å². The third-order valence-corrected chi connectivity index (χ3v) is 4.92. The van der Waals surface area contributed by atoms with Gasteiger partial charge in [-0.3, -0.25) is 23.6 Å². The number of carbonyl (C=O) groups excluding carboxylic acids is 3. The summed E-state index contributed by atoms with van der Waals surface area (Å²) in [5, 5.41) is 9.89. The fourth-order valence-electron chi connectivity index (χ4n) is 1.93. The predicted molar refractivity (Wildman–Crippen MR) is 104 cm³/mol. The van der Waals surface area contributed by atoms with Crippen LogP contribution in [0.15, 0.2) is 0 Å². The SMILES string of the molecule is CC(=O)N(O)CCCCP(=O)(OCC(=O)OC(C)(C)C)OCC(=O)OC(C)(C)C. The largest absolute Gasteiger partial charge is 0.458 e. The summed E-state index contributed by atoms with van der Waals surface area (Å²) in [5.74, 6) is -1.97. The minimum atomic E-state index is -3.83. The second kappa shape index (κ2) is 11.6. The number of esters is 2. The highest BCUT2D eigenvalue weighted by atomic mass is 31.2. The molecule has 29 heavy (non-hydrogen) atoms. The van der Waals surface area contributed by atoms with Crippen molar-refractivity contribution in [1.82, 2.24) is 5.06 Å². The molecule has 0 radical (unpaired) electrons. The number of hydrogen-bond donors (Lipinski definition) is 1. The summed E-state index contributed by atoms with van der Waals surface area (Å²) in [5.41, 5.74) is -1.47. The number of hydrogen-bond acceptors (Lipinski definition) is 9. The lowest BCUT2D eigenvalue weighted by Gasteiger charge is -2.23. The normalized spacial score (nSPS) is 12.4. The monoisotopic (exact) mass is 439 g/mol. The summed E-state index contributed by atoms with van der Waals surface area (Å²) in [6.45, 7) is 10.1. The van der Waals surface area contributed by atoms with E-state index >= 15 is 0 Å². The van der Waals surface area contributed by atoms with E-state index in [0.717, 1.165) is 0 Å². The van der Waals surface area contributed by atoms with Crippen LogP contribution in [0.4, 0.5) is 0 Å². The second-order valence-corrected chi connectivity index (χ2v) is 10.6. The van der Waals surface area contributed by atoms with Crippen LogP contribution in [0, 0.1) is 0 Å². The smallest absolute Gasteiger partial charge is 0.333 e. The summed E-state index contributed by atoms with van der Waals surface area (Å²) in [4.78, 5) is 34.7. The summed E-state index contributed by atoms with van der Waals surface area (Å²) in [6.07, 6.45) is 0.445. The minimum absolute atomic E-state index is 0.0352. The molecule has 0 aromatic rings. The summed E-state index contributed by atoms with van der Waals surface area (Å²) in [7, 11) is -3.83. The molecule has 0 aliphatic rings. The Bertz CT molecular complexity index is 571. The lowest BCUT2D eigenvalue weighted by atomic mass is 10.2. The zero-order valence-corrected chi connectivity index (χ0v) is 19.2. The molecule has 0 bridgehead atoms. The summed E-state index contributed by atoms with van der Waals surface area (Å²) in [6, 6.07) is 0. The molecular formula is C18H34NO9P. The van der Waals surface area contributed by atoms with E-state index in [1.54, 1.807) is 41.5 Å². The first-order valence-corrected chi connectivity index (χ1v) is 11.0. The molecule has 0 unspecified atom stereocenters. The summed E-state index contributed by atoms with van der Waals surface area (Å²) >= 11 is 0. The van der Waals surface area contributed by atoms with Gasteiger partial charge in [0.1, 0.15) is 11.2 Å². The number of nitrogens with zero attached hydrogens (tertiary/aromatic N) is 1. The van der Waals surface area contributed by atoms with Gasteiger partial charge in [0.25, 0.3) is 0 Å². The van der Waals surface area contributed by atoms with Gasteiger partial charge in [-0.25, -0.2) is 14.7 Å². The van der Waals surface area contributed by atoms with Crippen molar-refractivity contribution in [3.63, 3.8) is 0 Å². The van der Waals surface area contributed by atoms with Gasteiger partial charge in [-0.15, -0.1) is 0 Å². The average molecular weight is 439 g/mol. The van der Waals surface area contributed by atoms with Crippen molar-refractivity contribution in [1.29, 1.82) is 0 Å². The highest BCUT2D eigenvalue weighted by Crippen LogP contribution is 2.49. The molecule has 0 aromatic carbocycles. The maximum Gasteiger partial charge on any atom is 0.333 e. The van der Waals surface area contributed by atoms with Gasteiger partial charge in [0.2, 0.25) is 5.91 Å². The molecule has 0 aromatic heterocycles. The van der Waals surface area contributed by atoms with Gasteiger partial charge in [0, 0.05) is 13.5 Å². The standard InChI is InChI=1S/C18H34NO9P/c1-14(20)19(23)10-8-9-11-29(24,25-12-15(21)27-17(2,3)4)26-13-16(22)28-18(5,6)7/h23H,8-13H2,1-7H3. The number of amides is 1. The predicted octanol–water partition coefficient (Wildman–Crippen LogP) is 2.91. The molecule has 0 aliphatic carbocycles. The highest BCUT2D eigenvalue weighted by Gasteiger charge is 2.29. The van der Waals surface area contributed by atoms with Crippen molar-refractivity contribution in [2.75, 3.05) is 25.9 Å². The van der Waals surface area contributed by atoms with Crippen molar-refractivity contribution in [2.24, 2.45) is 0 Å². The number of unbranched alkanes of at least 4 members (excludes halogenated alkanes) is 1. The summed E-state index contributed by atoms with van der Waals surface area (Å²) < 4.78 is 33.5. The maximum atomic E-state index is 12.9. The molecule has 0 atom stereocenters. The molecule has 0 rings (SSSR count). The van der Waals surface area contributed by atoms with Gasteiger partial charge in [-0.2, -0.15) is 0 Å². The Hall–Kier alpha value is -1.48. The molecule has 0 fully saturated rings. The average Bonchev–Trinajstić information content (AvgIpc) is 2.52. The van der Waals surface area contributed by atoms with Crippen molar-refractivity contribution in [2.45, 2.75) is 72.5 Å². The van der Waals surface area contributed by atoms with Crippen molar-refractivity contribution in [3.05, 3.63) is 0 Å². The molecule has 170 valence electrons. The first kappa shape index (κ1) is 27.5. The van der Waals surface area contributed by atoms with Gasteiger partial charge in [-0.05, 0) is 54.4 Å². The third-order valence-electron chi connectivity index (χ3n) is 3.01.